The maximum atomic E-state index is 13.2. The summed E-state index contributed by atoms with van der Waals surface area (Å²) < 4.78 is 15.5. The van der Waals surface area contributed by atoms with E-state index in [2.05, 4.69) is 26.2 Å². The van der Waals surface area contributed by atoms with Crippen LogP contribution in [0.15, 0.2) is 51.7 Å². The Kier molecular flexibility index (Phi) is 4.80. The number of fused-ring (bicyclic) bond motifs is 1. The summed E-state index contributed by atoms with van der Waals surface area (Å²) in [7, 11) is 0. The Morgan fingerprint density at radius 3 is 2.83 bits per heavy atom. The van der Waals surface area contributed by atoms with Crippen molar-refractivity contribution >= 4 is 32.9 Å². The van der Waals surface area contributed by atoms with Gasteiger partial charge in [0.1, 0.15) is 5.82 Å². The zero-order chi connectivity index (χ0) is 17.1. The van der Waals surface area contributed by atoms with E-state index in [1.165, 1.54) is 16.7 Å². The van der Waals surface area contributed by atoms with Crippen molar-refractivity contribution in [3.8, 4) is 0 Å². The SMILES string of the molecule is O=C(Cc1ccccc1Br)NCCn1c(=O)[nH]c2cc(F)ccc21. The van der Waals surface area contributed by atoms with Gasteiger partial charge < -0.3 is 10.3 Å². The van der Waals surface area contributed by atoms with Gasteiger partial charge in [0, 0.05) is 17.6 Å². The lowest BCUT2D eigenvalue weighted by Gasteiger charge is -2.07. The topological polar surface area (TPSA) is 66.9 Å². The Labute approximate surface area is 145 Å². The van der Waals surface area contributed by atoms with Gasteiger partial charge in [0.15, 0.2) is 0 Å². The minimum absolute atomic E-state index is 0.124. The molecule has 0 fully saturated rings. The van der Waals surface area contributed by atoms with Crippen LogP contribution in [0.5, 0.6) is 0 Å². The van der Waals surface area contributed by atoms with Crippen molar-refractivity contribution in [3.63, 3.8) is 0 Å². The Balaban J connectivity index is 1.63. The lowest BCUT2D eigenvalue weighted by molar-refractivity contribution is -0.120. The molecule has 0 aliphatic heterocycles. The Morgan fingerprint density at radius 2 is 2.04 bits per heavy atom. The fraction of sp³-hybridized carbons (Fsp3) is 0.176. The Morgan fingerprint density at radius 1 is 1.25 bits per heavy atom. The number of hydrogen-bond donors (Lipinski definition) is 2. The van der Waals surface area contributed by atoms with E-state index < -0.39 is 5.82 Å². The molecule has 0 unspecified atom stereocenters. The molecule has 0 saturated carbocycles. The van der Waals surface area contributed by atoms with E-state index in [9.17, 15) is 14.0 Å². The van der Waals surface area contributed by atoms with Gasteiger partial charge >= 0.3 is 5.69 Å². The van der Waals surface area contributed by atoms with Crippen molar-refractivity contribution in [1.29, 1.82) is 0 Å². The first-order valence-corrected chi connectivity index (χ1v) is 8.22. The summed E-state index contributed by atoms with van der Waals surface area (Å²) in [5.74, 6) is -0.529. The average Bonchev–Trinajstić information content (AvgIpc) is 2.84. The number of amides is 1. The number of aromatic amines is 1. The molecule has 1 aromatic heterocycles. The minimum Gasteiger partial charge on any atom is -0.354 e. The van der Waals surface area contributed by atoms with Gasteiger partial charge in [-0.15, -0.1) is 0 Å². The molecule has 0 spiro atoms. The standard InChI is InChI=1S/C17H15BrFN3O2/c18-13-4-2-1-3-11(13)9-16(23)20-7-8-22-15-6-5-12(19)10-14(15)21-17(22)24/h1-6,10H,7-9H2,(H,20,23)(H,21,24). The number of hydrogen-bond acceptors (Lipinski definition) is 2. The third kappa shape index (κ3) is 3.56. The highest BCUT2D eigenvalue weighted by Crippen LogP contribution is 2.16. The summed E-state index contributed by atoms with van der Waals surface area (Å²) in [5, 5.41) is 2.79. The molecule has 24 heavy (non-hydrogen) atoms. The molecule has 1 heterocycles. The van der Waals surface area contributed by atoms with Crippen molar-refractivity contribution < 1.29 is 9.18 Å². The highest BCUT2D eigenvalue weighted by molar-refractivity contribution is 9.10. The number of H-pyrrole nitrogens is 1. The molecule has 5 nitrogen and oxygen atoms in total. The zero-order valence-corrected chi connectivity index (χ0v) is 14.3. The van der Waals surface area contributed by atoms with Crippen molar-refractivity contribution in [2.75, 3.05) is 6.54 Å². The van der Waals surface area contributed by atoms with Gasteiger partial charge in [-0.3, -0.25) is 9.36 Å². The summed E-state index contributed by atoms with van der Waals surface area (Å²) in [5.41, 5.74) is 1.63. The van der Waals surface area contributed by atoms with Gasteiger partial charge in [0.2, 0.25) is 5.91 Å². The quantitative estimate of drug-likeness (QED) is 0.701. The summed E-state index contributed by atoms with van der Waals surface area (Å²) in [6.45, 7) is 0.625. The molecule has 2 N–H and O–H groups in total. The smallest absolute Gasteiger partial charge is 0.326 e. The lowest BCUT2D eigenvalue weighted by atomic mass is 10.1. The predicted octanol–water partition coefficient (Wildman–Crippen LogP) is 2.59. The summed E-state index contributed by atoms with van der Waals surface area (Å²) in [6, 6.07) is 11.6. The van der Waals surface area contributed by atoms with Gasteiger partial charge in [-0.25, -0.2) is 9.18 Å². The number of carbonyl (C=O) groups excluding carboxylic acids is 1. The molecule has 3 rings (SSSR count). The molecule has 0 aliphatic carbocycles. The maximum absolute atomic E-state index is 13.2. The van der Waals surface area contributed by atoms with Crippen LogP contribution in [0.4, 0.5) is 4.39 Å². The Bertz CT molecular complexity index is 948. The molecule has 1 amide bonds. The molecule has 0 saturated heterocycles. The number of imidazole rings is 1. The monoisotopic (exact) mass is 391 g/mol. The molecule has 0 bridgehead atoms. The van der Waals surface area contributed by atoms with Crippen LogP contribution in [-0.2, 0) is 17.8 Å². The molecule has 0 aliphatic rings. The largest absolute Gasteiger partial charge is 0.354 e. The van der Waals surface area contributed by atoms with Crippen molar-refractivity contribution in [1.82, 2.24) is 14.9 Å². The third-order valence-corrected chi connectivity index (χ3v) is 4.48. The van der Waals surface area contributed by atoms with E-state index in [4.69, 9.17) is 0 Å². The summed E-state index contributed by atoms with van der Waals surface area (Å²) in [4.78, 5) is 26.5. The Hall–Kier alpha value is -2.41. The van der Waals surface area contributed by atoms with Gasteiger partial charge in [-0.05, 0) is 29.8 Å². The first kappa shape index (κ1) is 16.4. The van der Waals surface area contributed by atoms with Crippen LogP contribution < -0.4 is 11.0 Å². The fourth-order valence-corrected chi connectivity index (χ4v) is 2.97. The maximum Gasteiger partial charge on any atom is 0.326 e. The molecular weight excluding hydrogens is 377 g/mol. The second-order valence-electron chi connectivity index (χ2n) is 5.36. The number of halogens is 2. The number of nitrogens with zero attached hydrogens (tertiary/aromatic N) is 1. The summed E-state index contributed by atoms with van der Waals surface area (Å²) >= 11 is 3.41. The van der Waals surface area contributed by atoms with Crippen LogP contribution in [0.3, 0.4) is 0 Å². The van der Waals surface area contributed by atoms with Crippen LogP contribution in [-0.4, -0.2) is 22.0 Å². The minimum atomic E-state index is -0.405. The number of benzene rings is 2. The van der Waals surface area contributed by atoms with E-state index in [0.29, 0.717) is 24.1 Å². The van der Waals surface area contributed by atoms with E-state index in [0.717, 1.165) is 10.0 Å². The zero-order valence-electron chi connectivity index (χ0n) is 12.7. The van der Waals surface area contributed by atoms with Crippen LogP contribution in [0.2, 0.25) is 0 Å². The first-order chi connectivity index (χ1) is 11.5. The molecule has 124 valence electrons. The lowest BCUT2D eigenvalue weighted by Crippen LogP contribution is -2.31. The van der Waals surface area contributed by atoms with E-state index in [1.54, 1.807) is 6.07 Å². The van der Waals surface area contributed by atoms with E-state index in [1.807, 2.05) is 24.3 Å². The molecule has 2 aromatic carbocycles. The number of rotatable bonds is 5. The van der Waals surface area contributed by atoms with Gasteiger partial charge in [-0.1, -0.05) is 34.1 Å². The third-order valence-electron chi connectivity index (χ3n) is 3.70. The number of aromatic nitrogens is 2. The molecule has 7 heteroatoms. The summed E-state index contributed by atoms with van der Waals surface area (Å²) in [6.07, 6.45) is 0.259. The highest BCUT2D eigenvalue weighted by Gasteiger charge is 2.09. The highest BCUT2D eigenvalue weighted by atomic mass is 79.9. The van der Waals surface area contributed by atoms with Gasteiger partial charge in [0.25, 0.3) is 0 Å². The second-order valence-corrected chi connectivity index (χ2v) is 6.22. The van der Waals surface area contributed by atoms with Crippen molar-refractivity contribution in [2.45, 2.75) is 13.0 Å². The van der Waals surface area contributed by atoms with Crippen LogP contribution >= 0.6 is 15.9 Å². The fourth-order valence-electron chi connectivity index (χ4n) is 2.54. The number of carbonyl (C=O) groups is 1. The average molecular weight is 392 g/mol. The molecule has 3 aromatic rings. The normalized spacial score (nSPS) is 10.9. The van der Waals surface area contributed by atoms with Crippen LogP contribution in [0, 0.1) is 5.82 Å². The van der Waals surface area contributed by atoms with Crippen molar-refractivity contribution in [2.24, 2.45) is 0 Å². The van der Waals surface area contributed by atoms with Gasteiger partial charge in [-0.2, -0.15) is 0 Å². The second kappa shape index (κ2) is 7.00. The van der Waals surface area contributed by atoms with Crippen LogP contribution in [0.1, 0.15) is 5.56 Å². The first-order valence-electron chi connectivity index (χ1n) is 7.43. The van der Waals surface area contributed by atoms with Crippen molar-refractivity contribution in [3.05, 3.63) is 68.8 Å². The van der Waals surface area contributed by atoms with E-state index in [-0.39, 0.29) is 18.0 Å². The van der Waals surface area contributed by atoms with Crippen LogP contribution in [0.25, 0.3) is 11.0 Å². The predicted molar refractivity (Wildman–Crippen MR) is 93.4 cm³/mol. The molecular formula is C17H15BrFN3O2. The van der Waals surface area contributed by atoms with Gasteiger partial charge in [0.05, 0.1) is 17.5 Å². The molecule has 0 atom stereocenters. The molecule has 0 radical (unpaired) electrons. The van der Waals surface area contributed by atoms with E-state index >= 15 is 0 Å². The number of nitrogens with one attached hydrogen (secondary N) is 2.